The van der Waals surface area contributed by atoms with Crippen LogP contribution in [0.3, 0.4) is 0 Å². The van der Waals surface area contributed by atoms with Crippen LogP contribution in [0.5, 0.6) is 0 Å². The molecule has 3 unspecified atom stereocenters. The van der Waals surface area contributed by atoms with Crippen LogP contribution in [0.1, 0.15) is 66.7 Å². The highest BCUT2D eigenvalue weighted by atomic mass is 32.2. The molecular weight excluding hydrogens is 242 g/mol. The molecular formula is C15H33NOS. The average Bonchev–Trinajstić information content (AvgIpc) is 2.34. The highest BCUT2D eigenvalue weighted by Crippen LogP contribution is 2.15. The molecule has 0 aliphatic carbocycles. The van der Waals surface area contributed by atoms with Crippen molar-refractivity contribution >= 4 is 10.8 Å². The van der Waals surface area contributed by atoms with E-state index in [1.807, 2.05) is 0 Å². The molecule has 0 fully saturated rings. The van der Waals surface area contributed by atoms with Gasteiger partial charge in [-0.2, -0.15) is 0 Å². The summed E-state index contributed by atoms with van der Waals surface area (Å²) in [7, 11) is -0.676. The van der Waals surface area contributed by atoms with Crippen LogP contribution in [-0.4, -0.2) is 27.8 Å². The number of hydrogen-bond donors (Lipinski definition) is 1. The molecule has 0 heterocycles. The molecule has 0 aromatic carbocycles. The first kappa shape index (κ1) is 18.1. The molecule has 0 rings (SSSR count). The van der Waals surface area contributed by atoms with Gasteiger partial charge in [-0.3, -0.25) is 4.21 Å². The summed E-state index contributed by atoms with van der Waals surface area (Å²) in [5.41, 5.74) is 0. The van der Waals surface area contributed by atoms with E-state index in [1.165, 1.54) is 6.42 Å². The van der Waals surface area contributed by atoms with Crippen molar-refractivity contribution in [3.8, 4) is 0 Å². The SMILES string of the molecule is CCCNC(CCC)C(CC)S(=O)CCC(C)C. The first-order chi connectivity index (χ1) is 8.56. The van der Waals surface area contributed by atoms with Crippen molar-refractivity contribution in [3.05, 3.63) is 0 Å². The lowest BCUT2D eigenvalue weighted by Gasteiger charge is -2.27. The average molecular weight is 276 g/mol. The van der Waals surface area contributed by atoms with Gasteiger partial charge in [0.25, 0.3) is 0 Å². The van der Waals surface area contributed by atoms with E-state index in [4.69, 9.17) is 0 Å². The van der Waals surface area contributed by atoms with Crippen molar-refractivity contribution < 1.29 is 4.21 Å². The van der Waals surface area contributed by atoms with E-state index < -0.39 is 10.8 Å². The van der Waals surface area contributed by atoms with Gasteiger partial charge in [-0.25, -0.2) is 0 Å². The minimum absolute atomic E-state index is 0.329. The fraction of sp³-hybridized carbons (Fsp3) is 1.00. The summed E-state index contributed by atoms with van der Waals surface area (Å²) in [6.45, 7) is 12.0. The maximum atomic E-state index is 12.4. The molecule has 0 aliphatic rings. The fourth-order valence-corrected chi connectivity index (χ4v) is 4.19. The van der Waals surface area contributed by atoms with E-state index in [1.54, 1.807) is 0 Å². The van der Waals surface area contributed by atoms with Gasteiger partial charge in [0.1, 0.15) is 0 Å². The fourth-order valence-electron chi connectivity index (χ4n) is 2.22. The third kappa shape index (κ3) is 7.52. The molecule has 1 N–H and O–H groups in total. The van der Waals surface area contributed by atoms with Crippen LogP contribution >= 0.6 is 0 Å². The van der Waals surface area contributed by atoms with Gasteiger partial charge < -0.3 is 5.32 Å². The van der Waals surface area contributed by atoms with Crippen LogP contribution in [0.25, 0.3) is 0 Å². The lowest BCUT2D eigenvalue weighted by atomic mass is 10.1. The molecule has 3 atom stereocenters. The van der Waals surface area contributed by atoms with Gasteiger partial charge in [0.05, 0.1) is 0 Å². The van der Waals surface area contributed by atoms with Gasteiger partial charge in [-0.1, -0.05) is 41.0 Å². The topological polar surface area (TPSA) is 29.1 Å². The molecule has 0 aromatic heterocycles. The Morgan fingerprint density at radius 1 is 1.06 bits per heavy atom. The molecule has 0 radical (unpaired) electrons. The van der Waals surface area contributed by atoms with E-state index in [9.17, 15) is 4.21 Å². The Morgan fingerprint density at radius 3 is 2.17 bits per heavy atom. The normalized spacial score (nSPS) is 16.8. The Balaban J connectivity index is 4.41. The second-order valence-electron chi connectivity index (χ2n) is 5.56. The second kappa shape index (κ2) is 11.0. The van der Waals surface area contributed by atoms with Crippen LogP contribution in [0.4, 0.5) is 0 Å². The molecule has 110 valence electrons. The van der Waals surface area contributed by atoms with E-state index in [-0.39, 0.29) is 0 Å². The predicted octanol–water partition coefficient (Wildman–Crippen LogP) is 3.73. The van der Waals surface area contributed by atoms with Gasteiger partial charge in [0.15, 0.2) is 0 Å². The van der Waals surface area contributed by atoms with Crippen molar-refractivity contribution in [3.63, 3.8) is 0 Å². The summed E-state index contributed by atoms with van der Waals surface area (Å²) < 4.78 is 12.4. The largest absolute Gasteiger partial charge is 0.313 e. The van der Waals surface area contributed by atoms with Crippen LogP contribution in [-0.2, 0) is 10.8 Å². The molecule has 3 heteroatoms. The van der Waals surface area contributed by atoms with Crippen LogP contribution in [0.15, 0.2) is 0 Å². The smallest absolute Gasteiger partial charge is 0.0498 e. The summed E-state index contributed by atoms with van der Waals surface area (Å²) >= 11 is 0. The first-order valence-electron chi connectivity index (χ1n) is 7.67. The molecule has 0 aromatic rings. The Hall–Kier alpha value is 0.110. The molecule has 2 nitrogen and oxygen atoms in total. The number of rotatable bonds is 11. The minimum atomic E-state index is -0.676. The molecule has 0 saturated heterocycles. The molecule has 18 heavy (non-hydrogen) atoms. The lowest BCUT2D eigenvalue weighted by molar-refractivity contribution is 0.447. The van der Waals surface area contributed by atoms with Gasteiger partial charge >= 0.3 is 0 Å². The minimum Gasteiger partial charge on any atom is -0.313 e. The number of hydrogen-bond acceptors (Lipinski definition) is 2. The van der Waals surface area contributed by atoms with Gasteiger partial charge in [-0.05, 0) is 38.1 Å². The zero-order valence-corrected chi connectivity index (χ0v) is 13.8. The summed E-state index contributed by atoms with van der Waals surface area (Å²) in [4.78, 5) is 0. The van der Waals surface area contributed by atoms with E-state index in [0.717, 1.165) is 38.0 Å². The van der Waals surface area contributed by atoms with Gasteiger partial charge in [0.2, 0.25) is 0 Å². The zero-order valence-electron chi connectivity index (χ0n) is 13.0. The van der Waals surface area contributed by atoms with Crippen LogP contribution in [0.2, 0.25) is 0 Å². The predicted molar refractivity (Wildman–Crippen MR) is 83.5 cm³/mol. The molecule has 0 amide bonds. The second-order valence-corrected chi connectivity index (χ2v) is 7.34. The zero-order chi connectivity index (χ0) is 14.0. The van der Waals surface area contributed by atoms with Crippen molar-refractivity contribution in [1.29, 1.82) is 0 Å². The summed E-state index contributed by atoms with van der Waals surface area (Å²) in [5.74, 6) is 1.52. The first-order valence-corrected chi connectivity index (χ1v) is 9.05. The highest BCUT2D eigenvalue weighted by Gasteiger charge is 2.24. The maximum absolute atomic E-state index is 12.4. The summed E-state index contributed by atoms with van der Waals surface area (Å²) in [6, 6.07) is 0.438. The highest BCUT2D eigenvalue weighted by molar-refractivity contribution is 7.85. The Kier molecular flexibility index (Phi) is 11.0. The van der Waals surface area contributed by atoms with Gasteiger partial charge in [0, 0.05) is 27.8 Å². The third-order valence-electron chi connectivity index (χ3n) is 3.34. The molecule has 0 saturated carbocycles. The van der Waals surface area contributed by atoms with Crippen LogP contribution < -0.4 is 5.32 Å². The van der Waals surface area contributed by atoms with E-state index in [2.05, 4.69) is 39.9 Å². The van der Waals surface area contributed by atoms with Gasteiger partial charge in [-0.15, -0.1) is 0 Å². The Bertz CT molecular complexity index is 219. The number of nitrogens with one attached hydrogen (secondary N) is 1. The standard InChI is InChI=1S/C15H33NOS/c1-6-9-14(16-11-7-2)15(8-3)18(17)12-10-13(4)5/h13-16H,6-12H2,1-5H3. The quantitative estimate of drug-likeness (QED) is 0.622. The van der Waals surface area contributed by atoms with Crippen molar-refractivity contribution in [2.24, 2.45) is 5.92 Å². The summed E-state index contributed by atoms with van der Waals surface area (Å²) in [5, 5.41) is 3.93. The Labute approximate surface area is 117 Å². The van der Waals surface area contributed by atoms with Crippen molar-refractivity contribution in [2.75, 3.05) is 12.3 Å². The van der Waals surface area contributed by atoms with E-state index in [0.29, 0.717) is 17.2 Å². The van der Waals surface area contributed by atoms with Crippen molar-refractivity contribution in [2.45, 2.75) is 78.0 Å². The molecule has 0 aliphatic heterocycles. The molecule has 0 bridgehead atoms. The monoisotopic (exact) mass is 275 g/mol. The summed E-state index contributed by atoms with van der Waals surface area (Å²) in [6.07, 6.45) is 5.56. The molecule has 0 spiro atoms. The maximum Gasteiger partial charge on any atom is 0.0498 e. The van der Waals surface area contributed by atoms with E-state index >= 15 is 0 Å². The van der Waals surface area contributed by atoms with Crippen molar-refractivity contribution in [1.82, 2.24) is 5.32 Å². The lowest BCUT2D eigenvalue weighted by Crippen LogP contribution is -2.43. The Morgan fingerprint density at radius 2 is 1.72 bits per heavy atom. The van der Waals surface area contributed by atoms with Crippen LogP contribution in [0, 0.1) is 5.92 Å². The third-order valence-corrected chi connectivity index (χ3v) is 5.32.